The maximum absolute atomic E-state index is 13.0. The van der Waals surface area contributed by atoms with Crippen LogP contribution in [0.4, 0.5) is 4.79 Å². The van der Waals surface area contributed by atoms with Gasteiger partial charge in [0.1, 0.15) is 0 Å². The van der Waals surface area contributed by atoms with Crippen LogP contribution < -0.4 is 28.4 Å². The van der Waals surface area contributed by atoms with Gasteiger partial charge in [-0.05, 0) is 23.0 Å². The van der Waals surface area contributed by atoms with Crippen molar-refractivity contribution in [2.24, 2.45) is 0 Å². The molecule has 36 heavy (non-hydrogen) atoms. The molecule has 0 bridgehead atoms. The number of aliphatic hydroxyl groups excluding tert-OH is 2. The van der Waals surface area contributed by atoms with Crippen LogP contribution in [0.3, 0.4) is 0 Å². The van der Waals surface area contributed by atoms with E-state index >= 15 is 0 Å². The number of ether oxygens (including phenoxy) is 6. The Bertz CT molecular complexity index is 1010. The molecule has 0 atom stereocenters. The Morgan fingerprint density at radius 3 is 1.14 bits per heavy atom. The van der Waals surface area contributed by atoms with Crippen molar-refractivity contribution in [2.45, 2.75) is 65.6 Å². The van der Waals surface area contributed by atoms with E-state index in [4.69, 9.17) is 28.4 Å². The fourth-order valence-electron chi connectivity index (χ4n) is 3.89. The van der Waals surface area contributed by atoms with Gasteiger partial charge in [-0.3, -0.25) is 0 Å². The first-order valence-electron chi connectivity index (χ1n) is 11.5. The van der Waals surface area contributed by atoms with Gasteiger partial charge in [0.05, 0.1) is 41.7 Å². The number of aliphatic hydroxyl groups is 2. The van der Waals surface area contributed by atoms with Crippen LogP contribution in [0.2, 0.25) is 0 Å². The van der Waals surface area contributed by atoms with Gasteiger partial charge in [0.2, 0.25) is 11.5 Å². The molecule has 0 aliphatic carbocycles. The van der Waals surface area contributed by atoms with Crippen molar-refractivity contribution >= 4 is 6.16 Å². The zero-order chi connectivity index (χ0) is 27.4. The molecule has 0 aromatic heterocycles. The van der Waals surface area contributed by atoms with Crippen molar-refractivity contribution in [3.8, 4) is 34.5 Å². The molecule has 2 aromatic rings. The van der Waals surface area contributed by atoms with E-state index in [0.717, 1.165) is 11.1 Å². The normalized spacial score (nSPS) is 11.7. The number of rotatable bonds is 8. The van der Waals surface area contributed by atoms with Gasteiger partial charge in [0.15, 0.2) is 23.0 Å². The number of carbonyl (C=O) groups is 1. The largest absolute Gasteiger partial charge is 0.519 e. The fourth-order valence-corrected chi connectivity index (χ4v) is 3.89. The summed E-state index contributed by atoms with van der Waals surface area (Å²) in [5.74, 6) is 0.932. The zero-order valence-electron chi connectivity index (χ0n) is 22.8. The fraction of sp³-hybridized carbons (Fsp3) is 0.519. The van der Waals surface area contributed by atoms with E-state index in [-0.39, 0.29) is 33.8 Å². The molecule has 0 amide bonds. The smallest absolute Gasteiger partial charge is 0.492 e. The Labute approximate surface area is 212 Å². The van der Waals surface area contributed by atoms with Gasteiger partial charge in [-0.2, -0.15) is 0 Å². The average Bonchev–Trinajstić information content (AvgIpc) is 2.81. The van der Waals surface area contributed by atoms with E-state index in [9.17, 15) is 15.0 Å². The molecule has 200 valence electrons. The van der Waals surface area contributed by atoms with Gasteiger partial charge in [-0.25, -0.2) is 4.79 Å². The van der Waals surface area contributed by atoms with E-state index in [1.807, 2.05) is 41.5 Å². The number of benzene rings is 2. The minimum absolute atomic E-state index is 0.0439. The Balaban J connectivity index is 2.62. The minimum Gasteiger partial charge on any atom is -0.492 e. The summed E-state index contributed by atoms with van der Waals surface area (Å²) in [7, 11) is 5.78. The summed E-state index contributed by atoms with van der Waals surface area (Å²) < 4.78 is 33.3. The van der Waals surface area contributed by atoms with Crippen LogP contribution >= 0.6 is 0 Å². The van der Waals surface area contributed by atoms with E-state index in [1.165, 1.54) is 28.4 Å². The summed E-state index contributed by atoms with van der Waals surface area (Å²) in [5.41, 5.74) is 1.44. The first-order valence-corrected chi connectivity index (χ1v) is 11.5. The molecule has 0 spiro atoms. The maximum Gasteiger partial charge on any atom is 0.519 e. The maximum atomic E-state index is 13.0. The summed E-state index contributed by atoms with van der Waals surface area (Å²) in [6.07, 6.45) is -1.13. The SMILES string of the molecule is COc1c(C(C)(C)C)cc(CO)c(OC(=O)Oc2c(CO)cc(C(C)(C)C)c(OC)c2OC)c1OC. The molecule has 0 saturated carbocycles. The van der Waals surface area contributed by atoms with Crippen LogP contribution in [0.1, 0.15) is 63.8 Å². The van der Waals surface area contributed by atoms with Crippen LogP contribution in [-0.2, 0) is 24.0 Å². The van der Waals surface area contributed by atoms with Crippen LogP contribution in [0.25, 0.3) is 0 Å². The molecule has 2 aromatic carbocycles. The van der Waals surface area contributed by atoms with E-state index in [1.54, 1.807) is 12.1 Å². The van der Waals surface area contributed by atoms with E-state index < -0.39 is 19.4 Å². The quantitative estimate of drug-likeness (QED) is 0.382. The topological polar surface area (TPSA) is 113 Å². The second-order valence-corrected chi connectivity index (χ2v) is 10.2. The molecule has 0 unspecified atom stereocenters. The summed E-state index contributed by atoms with van der Waals surface area (Å²) in [6.45, 7) is 11.1. The van der Waals surface area contributed by atoms with Crippen molar-refractivity contribution in [1.82, 2.24) is 0 Å². The number of methoxy groups -OCH3 is 4. The second kappa shape index (κ2) is 11.3. The molecular formula is C27H38O9. The lowest BCUT2D eigenvalue weighted by Crippen LogP contribution is -2.20. The molecule has 0 saturated heterocycles. The van der Waals surface area contributed by atoms with Crippen molar-refractivity contribution in [3.63, 3.8) is 0 Å². The molecule has 0 radical (unpaired) electrons. The molecule has 0 aliphatic heterocycles. The lowest BCUT2D eigenvalue weighted by atomic mass is 9.84. The minimum atomic E-state index is -1.13. The number of carbonyl (C=O) groups excluding carboxylic acids is 1. The Morgan fingerprint density at radius 2 is 0.917 bits per heavy atom. The average molecular weight is 507 g/mol. The molecule has 2 rings (SSSR count). The predicted octanol–water partition coefficient (Wildman–Crippen LogP) is 4.88. The molecule has 0 fully saturated rings. The third kappa shape index (κ3) is 5.79. The Morgan fingerprint density at radius 1 is 0.611 bits per heavy atom. The molecule has 2 N–H and O–H groups in total. The summed E-state index contributed by atoms with van der Waals surface area (Å²) in [5, 5.41) is 20.1. The van der Waals surface area contributed by atoms with Gasteiger partial charge in [0.25, 0.3) is 0 Å². The predicted molar refractivity (Wildman–Crippen MR) is 135 cm³/mol. The van der Waals surface area contributed by atoms with E-state index in [0.29, 0.717) is 22.6 Å². The van der Waals surface area contributed by atoms with Gasteiger partial charge >= 0.3 is 6.16 Å². The van der Waals surface area contributed by atoms with Gasteiger partial charge in [-0.15, -0.1) is 0 Å². The van der Waals surface area contributed by atoms with Crippen LogP contribution in [0.15, 0.2) is 12.1 Å². The van der Waals surface area contributed by atoms with Crippen LogP contribution in [0, 0.1) is 0 Å². The monoisotopic (exact) mass is 506 g/mol. The van der Waals surface area contributed by atoms with Crippen LogP contribution in [-0.4, -0.2) is 44.8 Å². The lowest BCUT2D eigenvalue weighted by Gasteiger charge is -2.27. The number of hydrogen-bond acceptors (Lipinski definition) is 9. The molecule has 0 aliphatic rings. The summed E-state index contributed by atoms with van der Waals surface area (Å²) >= 11 is 0. The van der Waals surface area contributed by atoms with Crippen molar-refractivity contribution in [2.75, 3.05) is 28.4 Å². The third-order valence-corrected chi connectivity index (χ3v) is 5.68. The Kier molecular flexibility index (Phi) is 9.09. The summed E-state index contributed by atoms with van der Waals surface area (Å²) in [4.78, 5) is 13.0. The first kappa shape index (κ1) is 29.1. The highest BCUT2D eigenvalue weighted by atomic mass is 16.7. The molecule has 9 nitrogen and oxygen atoms in total. The van der Waals surface area contributed by atoms with Gasteiger partial charge in [-0.1, -0.05) is 41.5 Å². The highest BCUT2D eigenvalue weighted by molar-refractivity contribution is 5.74. The highest BCUT2D eigenvalue weighted by Gasteiger charge is 2.31. The van der Waals surface area contributed by atoms with Crippen LogP contribution in [0.5, 0.6) is 34.5 Å². The Hall–Kier alpha value is -3.17. The molecule has 0 heterocycles. The number of hydrogen-bond donors (Lipinski definition) is 2. The van der Waals surface area contributed by atoms with Gasteiger partial charge in [0, 0.05) is 22.3 Å². The standard InChI is InChI=1S/C27H38O9/c1-26(2,3)17-11-15(13-28)19(23(33-9)21(17)31-7)35-25(30)36-20-16(14-29)12-18(27(4,5)6)22(32-8)24(20)34-10/h11-12,28-29H,13-14H2,1-10H3. The third-order valence-electron chi connectivity index (χ3n) is 5.68. The molecule has 9 heteroatoms. The lowest BCUT2D eigenvalue weighted by molar-refractivity contribution is 0.144. The molecular weight excluding hydrogens is 468 g/mol. The van der Waals surface area contributed by atoms with Crippen molar-refractivity contribution in [1.29, 1.82) is 0 Å². The summed E-state index contributed by atoms with van der Waals surface area (Å²) in [6, 6.07) is 3.40. The van der Waals surface area contributed by atoms with E-state index in [2.05, 4.69) is 0 Å². The van der Waals surface area contributed by atoms with Gasteiger partial charge < -0.3 is 38.6 Å². The second-order valence-electron chi connectivity index (χ2n) is 10.2. The van der Waals surface area contributed by atoms with Crippen molar-refractivity contribution < 1.29 is 43.4 Å². The highest BCUT2D eigenvalue weighted by Crippen LogP contribution is 2.49. The first-order chi connectivity index (χ1) is 16.8. The van der Waals surface area contributed by atoms with Crippen molar-refractivity contribution in [3.05, 3.63) is 34.4 Å². The zero-order valence-corrected chi connectivity index (χ0v) is 22.8.